The number of para-hydroxylation sites is 1. The van der Waals surface area contributed by atoms with Crippen LogP contribution in [0.5, 0.6) is 0 Å². The Morgan fingerprint density at radius 1 is 1.18 bits per heavy atom. The van der Waals surface area contributed by atoms with Crippen molar-refractivity contribution in [1.29, 1.82) is 0 Å². The molecule has 2 aromatic carbocycles. The molecule has 0 aliphatic rings. The normalized spacial score (nSPS) is 12.0. The minimum atomic E-state index is -4.90. The number of carbonyl (C=O) groups excluding carboxylic acids is 1. The van der Waals surface area contributed by atoms with E-state index in [1.54, 1.807) is 6.07 Å². The topological polar surface area (TPSA) is 44.9 Å². The molecule has 0 atom stereocenters. The summed E-state index contributed by atoms with van der Waals surface area (Å²) < 4.78 is 36.9. The van der Waals surface area contributed by atoms with Gasteiger partial charge in [-0.15, -0.1) is 0 Å². The predicted octanol–water partition coefficient (Wildman–Crippen LogP) is 4.38. The standard InChI is InChI=1S/C16H13F3N2O/c1-2-9-4-3-5-12-11-7-6-10(8-13(11)21-14(9)12)20-15(22)16(17,18)19/h3-8,21H,2H2,1H3,(H,20,22). The number of fused-ring (bicyclic) bond motifs is 3. The van der Waals surface area contributed by atoms with Crippen molar-refractivity contribution in [3.05, 3.63) is 42.0 Å². The first-order valence-electron chi connectivity index (χ1n) is 6.81. The van der Waals surface area contributed by atoms with Gasteiger partial charge in [0, 0.05) is 27.5 Å². The molecule has 2 N–H and O–H groups in total. The summed E-state index contributed by atoms with van der Waals surface area (Å²) in [4.78, 5) is 14.2. The van der Waals surface area contributed by atoms with Gasteiger partial charge in [0.25, 0.3) is 0 Å². The molecule has 0 aliphatic heterocycles. The van der Waals surface area contributed by atoms with Crippen LogP contribution in [-0.4, -0.2) is 17.1 Å². The molecule has 0 aliphatic carbocycles. The van der Waals surface area contributed by atoms with Crippen LogP contribution < -0.4 is 5.32 Å². The second-order valence-corrected chi connectivity index (χ2v) is 5.03. The minimum Gasteiger partial charge on any atom is -0.354 e. The number of aryl methyl sites for hydroxylation is 1. The third-order valence-electron chi connectivity index (χ3n) is 3.62. The van der Waals surface area contributed by atoms with E-state index in [1.807, 2.05) is 30.4 Å². The molecule has 22 heavy (non-hydrogen) atoms. The Balaban J connectivity index is 2.07. The van der Waals surface area contributed by atoms with Gasteiger partial charge < -0.3 is 10.3 Å². The molecule has 3 rings (SSSR count). The fraction of sp³-hybridized carbons (Fsp3) is 0.188. The maximum absolute atomic E-state index is 12.3. The molecule has 0 radical (unpaired) electrons. The number of H-pyrrole nitrogens is 1. The van der Waals surface area contributed by atoms with Gasteiger partial charge in [-0.1, -0.05) is 31.2 Å². The molecule has 1 heterocycles. The fourth-order valence-corrected chi connectivity index (χ4v) is 2.56. The Labute approximate surface area is 124 Å². The predicted molar refractivity (Wildman–Crippen MR) is 79.9 cm³/mol. The number of benzene rings is 2. The number of aromatic amines is 1. The first-order chi connectivity index (χ1) is 10.4. The molecule has 0 bridgehead atoms. The van der Waals surface area contributed by atoms with Crippen molar-refractivity contribution in [2.75, 3.05) is 5.32 Å². The summed E-state index contributed by atoms with van der Waals surface area (Å²) in [6.45, 7) is 2.04. The smallest absolute Gasteiger partial charge is 0.354 e. The monoisotopic (exact) mass is 306 g/mol. The van der Waals surface area contributed by atoms with Crippen LogP contribution in [0.1, 0.15) is 12.5 Å². The van der Waals surface area contributed by atoms with Crippen molar-refractivity contribution in [3.8, 4) is 0 Å². The highest BCUT2D eigenvalue weighted by Crippen LogP contribution is 2.30. The van der Waals surface area contributed by atoms with Crippen molar-refractivity contribution in [1.82, 2.24) is 4.98 Å². The zero-order valence-electron chi connectivity index (χ0n) is 11.7. The quantitative estimate of drug-likeness (QED) is 0.725. The number of aromatic nitrogens is 1. The first-order valence-corrected chi connectivity index (χ1v) is 6.81. The van der Waals surface area contributed by atoms with Gasteiger partial charge in [-0.05, 0) is 24.1 Å². The van der Waals surface area contributed by atoms with Gasteiger partial charge in [0.15, 0.2) is 0 Å². The number of amides is 1. The third kappa shape index (κ3) is 2.41. The Morgan fingerprint density at radius 3 is 2.64 bits per heavy atom. The Bertz CT molecular complexity index is 865. The molecular formula is C16H13F3N2O. The highest BCUT2D eigenvalue weighted by Gasteiger charge is 2.38. The van der Waals surface area contributed by atoms with E-state index in [9.17, 15) is 18.0 Å². The van der Waals surface area contributed by atoms with E-state index in [0.29, 0.717) is 5.52 Å². The van der Waals surface area contributed by atoms with E-state index in [1.165, 1.54) is 12.1 Å². The molecule has 0 fully saturated rings. The maximum atomic E-state index is 12.3. The number of alkyl halides is 3. The average molecular weight is 306 g/mol. The molecule has 0 saturated heterocycles. The second-order valence-electron chi connectivity index (χ2n) is 5.03. The van der Waals surface area contributed by atoms with Gasteiger partial charge in [0.1, 0.15) is 0 Å². The van der Waals surface area contributed by atoms with Crippen LogP contribution in [0.15, 0.2) is 36.4 Å². The highest BCUT2D eigenvalue weighted by atomic mass is 19.4. The number of rotatable bonds is 2. The van der Waals surface area contributed by atoms with Gasteiger partial charge in [-0.3, -0.25) is 4.79 Å². The summed E-state index contributed by atoms with van der Waals surface area (Å²) >= 11 is 0. The first kappa shape index (κ1) is 14.4. The lowest BCUT2D eigenvalue weighted by Gasteiger charge is -2.07. The zero-order valence-corrected chi connectivity index (χ0v) is 11.7. The van der Waals surface area contributed by atoms with Crippen molar-refractivity contribution >= 4 is 33.4 Å². The van der Waals surface area contributed by atoms with E-state index in [0.717, 1.165) is 28.3 Å². The van der Waals surface area contributed by atoms with E-state index in [-0.39, 0.29) is 5.69 Å². The van der Waals surface area contributed by atoms with Crippen LogP contribution in [0.2, 0.25) is 0 Å². The molecule has 0 saturated carbocycles. The Hall–Kier alpha value is -2.50. The number of carbonyl (C=O) groups is 1. The third-order valence-corrected chi connectivity index (χ3v) is 3.62. The van der Waals surface area contributed by atoms with E-state index >= 15 is 0 Å². The molecule has 1 aromatic heterocycles. The lowest BCUT2D eigenvalue weighted by atomic mass is 10.1. The van der Waals surface area contributed by atoms with Gasteiger partial charge in [-0.25, -0.2) is 0 Å². The molecule has 1 amide bonds. The molecule has 0 spiro atoms. The van der Waals surface area contributed by atoms with E-state index in [2.05, 4.69) is 4.98 Å². The second kappa shape index (κ2) is 5.05. The number of hydrogen-bond donors (Lipinski definition) is 2. The molecule has 3 nitrogen and oxygen atoms in total. The van der Waals surface area contributed by atoms with Crippen molar-refractivity contribution in [3.63, 3.8) is 0 Å². The van der Waals surface area contributed by atoms with Crippen LogP contribution >= 0.6 is 0 Å². The molecule has 114 valence electrons. The van der Waals surface area contributed by atoms with Crippen LogP contribution in [0, 0.1) is 0 Å². The summed E-state index contributed by atoms with van der Waals surface area (Å²) in [5.41, 5.74) is 2.91. The summed E-state index contributed by atoms with van der Waals surface area (Å²) in [6, 6.07) is 10.6. The minimum absolute atomic E-state index is 0.111. The number of halogens is 3. The van der Waals surface area contributed by atoms with Crippen LogP contribution in [0.4, 0.5) is 18.9 Å². The highest BCUT2D eigenvalue weighted by molar-refractivity contribution is 6.09. The van der Waals surface area contributed by atoms with Crippen LogP contribution in [0.3, 0.4) is 0 Å². The summed E-state index contributed by atoms with van der Waals surface area (Å²) in [5, 5.41) is 3.79. The van der Waals surface area contributed by atoms with Crippen molar-refractivity contribution < 1.29 is 18.0 Å². The molecule has 0 unspecified atom stereocenters. The van der Waals surface area contributed by atoms with Gasteiger partial charge >= 0.3 is 12.1 Å². The van der Waals surface area contributed by atoms with Crippen LogP contribution in [0.25, 0.3) is 21.8 Å². The zero-order chi connectivity index (χ0) is 15.9. The van der Waals surface area contributed by atoms with Gasteiger partial charge in [-0.2, -0.15) is 13.2 Å². The summed E-state index contributed by atoms with van der Waals surface area (Å²) in [6.07, 6.45) is -4.05. The number of anilines is 1. The molecule has 6 heteroatoms. The largest absolute Gasteiger partial charge is 0.471 e. The number of nitrogens with one attached hydrogen (secondary N) is 2. The molecular weight excluding hydrogens is 293 g/mol. The molecule has 3 aromatic rings. The van der Waals surface area contributed by atoms with Gasteiger partial charge in [0.2, 0.25) is 0 Å². The Kier molecular flexibility index (Phi) is 3.31. The summed E-state index contributed by atoms with van der Waals surface area (Å²) in [5.74, 6) is -1.97. The van der Waals surface area contributed by atoms with E-state index < -0.39 is 12.1 Å². The summed E-state index contributed by atoms with van der Waals surface area (Å²) in [7, 11) is 0. The maximum Gasteiger partial charge on any atom is 0.471 e. The Morgan fingerprint density at radius 2 is 1.95 bits per heavy atom. The van der Waals surface area contributed by atoms with Crippen molar-refractivity contribution in [2.45, 2.75) is 19.5 Å². The van der Waals surface area contributed by atoms with Crippen molar-refractivity contribution in [2.24, 2.45) is 0 Å². The van der Waals surface area contributed by atoms with E-state index in [4.69, 9.17) is 0 Å². The lowest BCUT2D eigenvalue weighted by Crippen LogP contribution is -2.29. The van der Waals surface area contributed by atoms with Crippen LogP contribution in [-0.2, 0) is 11.2 Å². The number of hydrogen-bond acceptors (Lipinski definition) is 1. The lowest BCUT2D eigenvalue weighted by molar-refractivity contribution is -0.167. The average Bonchev–Trinajstić information content (AvgIpc) is 2.83. The SMILES string of the molecule is CCc1cccc2c1[nH]c1cc(NC(=O)C(F)(F)F)ccc12. The fourth-order valence-electron chi connectivity index (χ4n) is 2.56. The van der Waals surface area contributed by atoms with Gasteiger partial charge in [0.05, 0.1) is 0 Å².